The molecular weight excluding hydrogens is 270 g/mol. The summed E-state index contributed by atoms with van der Waals surface area (Å²) in [5.74, 6) is -0.852. The number of carbonyl (C=O) groups excluding carboxylic acids is 2. The number of phenolic OH excluding ortho intramolecular Hbond substituents is 1. The molecule has 1 aliphatic heterocycles. The van der Waals surface area contributed by atoms with E-state index in [-0.39, 0.29) is 5.75 Å². The molecule has 106 valence electrons. The Hall–Kier alpha value is -2.82. The van der Waals surface area contributed by atoms with E-state index in [0.29, 0.717) is 17.7 Å². The third-order valence-electron chi connectivity index (χ3n) is 3.30. The monoisotopic (exact) mass is 283 g/mol. The maximum Gasteiger partial charge on any atom is 0.339 e. The normalized spacial score (nSPS) is 16.8. The Bertz CT molecular complexity index is 711. The van der Waals surface area contributed by atoms with Gasteiger partial charge in [-0.1, -0.05) is 24.3 Å². The first-order valence-corrected chi connectivity index (χ1v) is 6.52. The highest BCUT2D eigenvalue weighted by Gasteiger charge is 2.31. The molecule has 1 atom stereocenters. The third kappa shape index (κ3) is 2.72. The summed E-state index contributed by atoms with van der Waals surface area (Å²) in [5, 5.41) is 12.0. The summed E-state index contributed by atoms with van der Waals surface area (Å²) in [4.78, 5) is 24.0. The van der Waals surface area contributed by atoms with Crippen LogP contribution in [-0.4, -0.2) is 23.1 Å². The van der Waals surface area contributed by atoms with Gasteiger partial charge in [-0.15, -0.1) is 0 Å². The smallest absolute Gasteiger partial charge is 0.339 e. The van der Waals surface area contributed by atoms with Gasteiger partial charge in [0.2, 0.25) is 0 Å². The number of ether oxygens (including phenoxy) is 1. The second-order valence-corrected chi connectivity index (χ2v) is 4.79. The molecule has 2 aromatic carbocycles. The first-order chi connectivity index (χ1) is 10.1. The maximum absolute atomic E-state index is 12.2. The molecule has 5 heteroatoms. The third-order valence-corrected chi connectivity index (χ3v) is 3.30. The Morgan fingerprint density at radius 3 is 2.81 bits per heavy atom. The number of carbonyl (C=O) groups is 2. The van der Waals surface area contributed by atoms with Crippen LogP contribution < -0.4 is 5.32 Å². The summed E-state index contributed by atoms with van der Waals surface area (Å²) >= 11 is 0. The fourth-order valence-corrected chi connectivity index (χ4v) is 2.28. The lowest BCUT2D eigenvalue weighted by atomic mass is 9.98. The molecule has 0 saturated heterocycles. The second-order valence-electron chi connectivity index (χ2n) is 4.79. The first-order valence-electron chi connectivity index (χ1n) is 6.52. The van der Waals surface area contributed by atoms with Crippen molar-refractivity contribution in [1.82, 2.24) is 0 Å². The molecule has 1 heterocycles. The van der Waals surface area contributed by atoms with Crippen LogP contribution in [0.1, 0.15) is 15.9 Å². The predicted molar refractivity (Wildman–Crippen MR) is 76.1 cm³/mol. The Morgan fingerprint density at radius 1 is 1.19 bits per heavy atom. The number of anilines is 1. The quantitative estimate of drug-likeness (QED) is 0.828. The summed E-state index contributed by atoms with van der Waals surface area (Å²) < 4.78 is 5.16. The van der Waals surface area contributed by atoms with Crippen molar-refractivity contribution < 1.29 is 19.4 Å². The minimum atomic E-state index is -0.866. The molecule has 0 fully saturated rings. The van der Waals surface area contributed by atoms with Gasteiger partial charge in [0.25, 0.3) is 5.91 Å². The van der Waals surface area contributed by atoms with Crippen LogP contribution in [0, 0.1) is 0 Å². The standard InChI is InChI=1S/C16H13NO4/c18-12-6-3-5-11(9-12)17-15(19)14-8-10-4-1-2-7-13(10)16(20)21-14/h1-7,9,14,18H,8H2,(H,17,19). The molecule has 0 bridgehead atoms. The lowest BCUT2D eigenvalue weighted by molar-refractivity contribution is -0.125. The van der Waals surface area contributed by atoms with E-state index in [1.54, 1.807) is 24.3 Å². The topological polar surface area (TPSA) is 75.6 Å². The summed E-state index contributed by atoms with van der Waals surface area (Å²) in [6.45, 7) is 0. The Kier molecular flexibility index (Phi) is 3.31. The average molecular weight is 283 g/mol. The van der Waals surface area contributed by atoms with Gasteiger partial charge in [-0.2, -0.15) is 0 Å². The molecule has 3 rings (SSSR count). The molecule has 1 unspecified atom stereocenters. The number of phenols is 1. The van der Waals surface area contributed by atoms with Gasteiger partial charge < -0.3 is 15.2 Å². The molecule has 1 amide bonds. The summed E-state index contributed by atoms with van der Waals surface area (Å²) in [7, 11) is 0. The fourth-order valence-electron chi connectivity index (χ4n) is 2.28. The SMILES string of the molecule is O=C1OC(C(=O)Nc2cccc(O)c2)Cc2ccccc21. The second kappa shape index (κ2) is 5.28. The zero-order chi connectivity index (χ0) is 14.8. The van der Waals surface area contributed by atoms with Gasteiger partial charge in [0.05, 0.1) is 5.56 Å². The highest BCUT2D eigenvalue weighted by atomic mass is 16.5. The number of rotatable bonds is 2. The van der Waals surface area contributed by atoms with Crippen LogP contribution in [0.3, 0.4) is 0 Å². The van der Waals surface area contributed by atoms with Crippen LogP contribution in [0.25, 0.3) is 0 Å². The van der Waals surface area contributed by atoms with Crippen molar-refractivity contribution in [3.63, 3.8) is 0 Å². The van der Waals surface area contributed by atoms with Crippen LogP contribution in [0.15, 0.2) is 48.5 Å². The van der Waals surface area contributed by atoms with Gasteiger partial charge in [-0.25, -0.2) is 4.79 Å². The molecule has 0 spiro atoms. The van der Waals surface area contributed by atoms with Crippen LogP contribution in [0.2, 0.25) is 0 Å². The van der Waals surface area contributed by atoms with Crippen LogP contribution in [0.5, 0.6) is 5.75 Å². The number of hydrogen-bond donors (Lipinski definition) is 2. The molecule has 2 aromatic rings. The van der Waals surface area contributed by atoms with E-state index in [1.807, 2.05) is 12.1 Å². The lowest BCUT2D eigenvalue weighted by Gasteiger charge is -2.23. The Balaban J connectivity index is 1.76. The number of esters is 1. The van der Waals surface area contributed by atoms with Crippen molar-refractivity contribution in [2.75, 3.05) is 5.32 Å². The van der Waals surface area contributed by atoms with Crippen molar-refractivity contribution in [3.05, 3.63) is 59.7 Å². The van der Waals surface area contributed by atoms with E-state index < -0.39 is 18.0 Å². The van der Waals surface area contributed by atoms with Crippen LogP contribution in [0.4, 0.5) is 5.69 Å². The Morgan fingerprint density at radius 2 is 2.00 bits per heavy atom. The van der Waals surface area contributed by atoms with Gasteiger partial charge in [-0.05, 0) is 23.8 Å². The maximum atomic E-state index is 12.2. The van der Waals surface area contributed by atoms with E-state index in [9.17, 15) is 14.7 Å². The molecule has 0 aliphatic carbocycles. The van der Waals surface area contributed by atoms with E-state index in [2.05, 4.69) is 5.32 Å². The van der Waals surface area contributed by atoms with Gasteiger partial charge >= 0.3 is 5.97 Å². The molecule has 21 heavy (non-hydrogen) atoms. The highest BCUT2D eigenvalue weighted by Crippen LogP contribution is 2.22. The number of cyclic esters (lactones) is 1. The number of aromatic hydroxyl groups is 1. The predicted octanol–water partition coefficient (Wildman–Crippen LogP) is 2.11. The van der Waals surface area contributed by atoms with Crippen LogP contribution >= 0.6 is 0 Å². The van der Waals surface area contributed by atoms with Crippen molar-refractivity contribution in [2.45, 2.75) is 12.5 Å². The van der Waals surface area contributed by atoms with E-state index in [0.717, 1.165) is 5.56 Å². The molecule has 0 aromatic heterocycles. The molecule has 0 radical (unpaired) electrons. The molecule has 0 saturated carbocycles. The van der Waals surface area contributed by atoms with Gasteiger partial charge in [0.15, 0.2) is 6.10 Å². The zero-order valence-electron chi connectivity index (χ0n) is 11.1. The fraction of sp³-hybridized carbons (Fsp3) is 0.125. The first kappa shape index (κ1) is 13.2. The number of benzene rings is 2. The molecule has 2 N–H and O–H groups in total. The average Bonchev–Trinajstić information content (AvgIpc) is 2.47. The molecular formula is C16H13NO4. The van der Waals surface area contributed by atoms with E-state index >= 15 is 0 Å². The minimum absolute atomic E-state index is 0.0544. The summed E-state index contributed by atoms with van der Waals surface area (Å²) in [6.07, 6.45) is -0.526. The van der Waals surface area contributed by atoms with Gasteiger partial charge in [0.1, 0.15) is 5.75 Å². The number of amides is 1. The van der Waals surface area contributed by atoms with Crippen molar-refractivity contribution in [3.8, 4) is 5.75 Å². The van der Waals surface area contributed by atoms with Crippen molar-refractivity contribution in [2.24, 2.45) is 0 Å². The van der Waals surface area contributed by atoms with Crippen molar-refractivity contribution >= 4 is 17.6 Å². The van der Waals surface area contributed by atoms with Crippen molar-refractivity contribution in [1.29, 1.82) is 0 Å². The zero-order valence-corrected chi connectivity index (χ0v) is 11.1. The van der Waals surface area contributed by atoms with Crippen LogP contribution in [-0.2, 0) is 16.0 Å². The summed E-state index contributed by atoms with van der Waals surface area (Å²) in [5.41, 5.74) is 1.75. The number of fused-ring (bicyclic) bond motifs is 1. The number of nitrogens with one attached hydrogen (secondary N) is 1. The van der Waals surface area contributed by atoms with E-state index in [4.69, 9.17) is 4.74 Å². The summed E-state index contributed by atoms with van der Waals surface area (Å²) in [6, 6.07) is 13.3. The minimum Gasteiger partial charge on any atom is -0.508 e. The number of hydrogen-bond acceptors (Lipinski definition) is 4. The van der Waals surface area contributed by atoms with Gasteiger partial charge in [-0.3, -0.25) is 4.79 Å². The molecule has 1 aliphatic rings. The van der Waals surface area contributed by atoms with Gasteiger partial charge in [0, 0.05) is 18.2 Å². The van der Waals surface area contributed by atoms with E-state index in [1.165, 1.54) is 12.1 Å². The molecule has 5 nitrogen and oxygen atoms in total. The highest BCUT2D eigenvalue weighted by molar-refractivity contribution is 6.00. The largest absolute Gasteiger partial charge is 0.508 e. The lowest BCUT2D eigenvalue weighted by Crippen LogP contribution is -2.37. The Labute approximate surface area is 121 Å².